The van der Waals surface area contributed by atoms with Crippen LogP contribution in [0.25, 0.3) is 0 Å². The Balaban J connectivity index is 3.81. The van der Waals surface area contributed by atoms with Gasteiger partial charge in [0.05, 0.1) is 0 Å². The molecule has 0 saturated carbocycles. The Morgan fingerprint density at radius 1 is 0.469 bits per heavy atom. The van der Waals surface area contributed by atoms with Crippen LogP contribution in [0.3, 0.4) is 0 Å². The van der Waals surface area contributed by atoms with Gasteiger partial charge in [-0.05, 0) is 0 Å². The Bertz CT molecular complexity index is 332. The van der Waals surface area contributed by atoms with Crippen molar-refractivity contribution in [1.82, 2.24) is 0 Å². The third-order valence-electron chi connectivity index (χ3n) is 6.69. The van der Waals surface area contributed by atoms with E-state index in [-0.39, 0.29) is 0 Å². The number of hydrogen-bond acceptors (Lipinski definition) is 1. The molecule has 0 amide bonds. The van der Waals surface area contributed by atoms with Crippen molar-refractivity contribution >= 4 is 8.15 Å². The van der Waals surface area contributed by atoms with E-state index < -0.39 is 8.15 Å². The SMILES string of the molecule is CCCCCCCCCCCC[PH-](CCCCCCCCCCCC)OCC[N+](C)(C)C. The zero-order valence-electron chi connectivity index (χ0n) is 23.3. The van der Waals surface area contributed by atoms with Crippen LogP contribution >= 0.6 is 8.15 Å². The number of hydrogen-bond donors (Lipinski definition) is 0. The first-order chi connectivity index (χ1) is 15.5. The summed E-state index contributed by atoms with van der Waals surface area (Å²) in [6.45, 7) is 6.72. The molecule has 0 saturated heterocycles. The molecular formula is C29H64NOP. The van der Waals surface area contributed by atoms with Gasteiger partial charge in [-0.1, -0.05) is 0 Å². The molecule has 0 aliphatic rings. The Kier molecular flexibility index (Phi) is 24.7. The van der Waals surface area contributed by atoms with E-state index in [2.05, 4.69) is 35.0 Å². The number of unbranched alkanes of at least 4 members (excludes halogenated alkanes) is 18. The van der Waals surface area contributed by atoms with Gasteiger partial charge in [0.1, 0.15) is 0 Å². The van der Waals surface area contributed by atoms with E-state index in [0.29, 0.717) is 0 Å². The fourth-order valence-corrected chi connectivity index (χ4v) is 6.56. The van der Waals surface area contributed by atoms with Gasteiger partial charge >= 0.3 is 206 Å². The van der Waals surface area contributed by atoms with Crippen LogP contribution in [0.15, 0.2) is 0 Å². The molecule has 2 nitrogen and oxygen atoms in total. The van der Waals surface area contributed by atoms with Crippen LogP contribution in [0.4, 0.5) is 0 Å². The first-order valence-electron chi connectivity index (χ1n) is 14.8. The van der Waals surface area contributed by atoms with E-state index in [1.807, 2.05) is 0 Å². The Morgan fingerprint density at radius 2 is 0.781 bits per heavy atom. The summed E-state index contributed by atoms with van der Waals surface area (Å²) in [5, 5.41) is 0. The van der Waals surface area contributed by atoms with E-state index in [1.165, 1.54) is 141 Å². The van der Waals surface area contributed by atoms with Crippen LogP contribution < -0.4 is 0 Å². The topological polar surface area (TPSA) is 9.23 Å². The normalized spacial score (nSPS) is 12.5. The van der Waals surface area contributed by atoms with Crippen molar-refractivity contribution in [3.8, 4) is 0 Å². The van der Waals surface area contributed by atoms with Gasteiger partial charge in [0.15, 0.2) is 0 Å². The van der Waals surface area contributed by atoms with Gasteiger partial charge in [0.2, 0.25) is 0 Å². The monoisotopic (exact) mass is 473 g/mol. The molecule has 0 aromatic heterocycles. The van der Waals surface area contributed by atoms with Gasteiger partial charge in [-0.15, -0.1) is 0 Å². The first kappa shape index (κ1) is 32.4. The van der Waals surface area contributed by atoms with Gasteiger partial charge in [0, 0.05) is 0 Å². The van der Waals surface area contributed by atoms with Crippen molar-refractivity contribution in [3.05, 3.63) is 0 Å². The van der Waals surface area contributed by atoms with Gasteiger partial charge < -0.3 is 0 Å². The molecule has 3 heteroatoms. The maximum atomic E-state index is 6.47. The molecule has 0 aromatic rings. The molecule has 0 aliphatic heterocycles. The molecule has 0 fully saturated rings. The number of quaternary nitrogens is 1. The number of likely N-dealkylation sites (N-methyl/N-ethyl adjacent to an activating group) is 1. The van der Waals surface area contributed by atoms with Crippen LogP contribution in [0.5, 0.6) is 0 Å². The third-order valence-corrected chi connectivity index (χ3v) is 9.12. The third kappa shape index (κ3) is 26.6. The summed E-state index contributed by atoms with van der Waals surface area (Å²) in [7, 11) is 6.24. The zero-order valence-corrected chi connectivity index (χ0v) is 24.3. The standard InChI is InChI=1S/C29H64NOP/c1-6-8-10-12-14-16-18-20-22-24-28-32(31-27-26-30(3,4)5)29-25-23-21-19-17-15-13-11-9-7-2/h32H,6-29H2,1-5H3. The average molecular weight is 474 g/mol. The summed E-state index contributed by atoms with van der Waals surface area (Å²) in [5.41, 5.74) is 0. The molecule has 0 heterocycles. The second-order valence-corrected chi connectivity index (χ2v) is 13.6. The minimum absolute atomic E-state index is 0.591. The van der Waals surface area contributed by atoms with Crippen molar-refractivity contribution in [2.24, 2.45) is 0 Å². The molecule has 0 bridgehead atoms. The van der Waals surface area contributed by atoms with Crippen molar-refractivity contribution in [2.75, 3.05) is 46.6 Å². The van der Waals surface area contributed by atoms with Crippen LogP contribution in [0.1, 0.15) is 142 Å². The summed E-state index contributed by atoms with van der Waals surface area (Å²) >= 11 is 0. The quantitative estimate of drug-likeness (QED) is 0.0690. The summed E-state index contributed by atoms with van der Waals surface area (Å²) in [6, 6.07) is 0. The molecule has 196 valence electrons. The first-order valence-corrected chi connectivity index (χ1v) is 16.6. The average Bonchev–Trinajstić information content (AvgIpc) is 2.75. The van der Waals surface area contributed by atoms with Crippen molar-refractivity contribution in [1.29, 1.82) is 0 Å². The predicted molar refractivity (Wildman–Crippen MR) is 151 cm³/mol. The van der Waals surface area contributed by atoms with Gasteiger partial charge in [0.25, 0.3) is 0 Å². The molecule has 0 rings (SSSR count). The van der Waals surface area contributed by atoms with Gasteiger partial charge in [-0.25, -0.2) is 0 Å². The number of rotatable bonds is 26. The van der Waals surface area contributed by atoms with Crippen LogP contribution in [-0.4, -0.2) is 51.1 Å². The van der Waals surface area contributed by atoms with Gasteiger partial charge in [-0.2, -0.15) is 0 Å². The fourth-order valence-electron chi connectivity index (χ4n) is 4.35. The molecule has 0 aromatic carbocycles. The van der Waals surface area contributed by atoms with Crippen LogP contribution in [-0.2, 0) is 4.52 Å². The Labute approximate surface area is 206 Å². The maximum absolute atomic E-state index is 6.47. The molecule has 0 aliphatic carbocycles. The zero-order chi connectivity index (χ0) is 23.8. The number of nitrogens with zero attached hydrogens (tertiary/aromatic N) is 1. The van der Waals surface area contributed by atoms with E-state index in [4.69, 9.17) is 4.52 Å². The predicted octanol–water partition coefficient (Wildman–Crippen LogP) is 9.68. The van der Waals surface area contributed by atoms with E-state index in [0.717, 1.165) is 17.6 Å². The molecule has 32 heavy (non-hydrogen) atoms. The summed E-state index contributed by atoms with van der Waals surface area (Å²) < 4.78 is 7.49. The summed E-state index contributed by atoms with van der Waals surface area (Å²) in [5.74, 6) is 0. The van der Waals surface area contributed by atoms with E-state index in [1.54, 1.807) is 0 Å². The molecular weight excluding hydrogens is 409 g/mol. The Hall–Kier alpha value is 0.350. The molecule has 0 unspecified atom stereocenters. The van der Waals surface area contributed by atoms with Crippen molar-refractivity contribution in [3.63, 3.8) is 0 Å². The second-order valence-electron chi connectivity index (χ2n) is 11.3. The fraction of sp³-hybridized carbons (Fsp3) is 1.00. The van der Waals surface area contributed by atoms with Crippen LogP contribution in [0.2, 0.25) is 0 Å². The van der Waals surface area contributed by atoms with Gasteiger partial charge in [-0.3, -0.25) is 0 Å². The van der Waals surface area contributed by atoms with Crippen molar-refractivity contribution in [2.45, 2.75) is 142 Å². The van der Waals surface area contributed by atoms with Crippen LogP contribution in [0, 0.1) is 0 Å². The molecule has 0 N–H and O–H groups in total. The Morgan fingerprint density at radius 3 is 1.09 bits per heavy atom. The summed E-state index contributed by atoms with van der Waals surface area (Å²) in [4.78, 5) is 0. The molecule has 0 radical (unpaired) electrons. The minimum atomic E-state index is -0.591. The molecule has 0 atom stereocenters. The second kappa shape index (κ2) is 24.5. The van der Waals surface area contributed by atoms with E-state index in [9.17, 15) is 0 Å². The van der Waals surface area contributed by atoms with E-state index >= 15 is 0 Å². The molecule has 0 spiro atoms. The summed E-state index contributed by atoms with van der Waals surface area (Å²) in [6.07, 6.45) is 31.5. The van der Waals surface area contributed by atoms with Crippen molar-refractivity contribution < 1.29 is 9.01 Å².